The van der Waals surface area contributed by atoms with Crippen LogP contribution in [0.3, 0.4) is 0 Å². The van der Waals surface area contributed by atoms with E-state index in [1.807, 2.05) is 0 Å². The summed E-state index contributed by atoms with van der Waals surface area (Å²) in [5.74, 6) is 0.911. The summed E-state index contributed by atoms with van der Waals surface area (Å²) in [5, 5.41) is 9.05. The predicted molar refractivity (Wildman–Crippen MR) is 51.3 cm³/mol. The fourth-order valence-electron chi connectivity index (χ4n) is 1.01. The molecule has 66 valence electrons. The number of benzene rings is 1. The molecular weight excluding hydrogens is 234 g/mol. The Labute approximate surface area is 83.2 Å². The minimum absolute atomic E-state index is 0.238. The van der Waals surface area contributed by atoms with Gasteiger partial charge in [0, 0.05) is 21.5 Å². The molecule has 2 aromatic rings. The van der Waals surface area contributed by atoms with Crippen LogP contribution >= 0.6 is 15.9 Å². The van der Waals surface area contributed by atoms with Gasteiger partial charge in [-0.25, -0.2) is 4.98 Å². The van der Waals surface area contributed by atoms with Crippen molar-refractivity contribution in [2.45, 2.75) is 0 Å². The first-order chi connectivity index (χ1) is 6.25. The fraction of sp³-hybridized carbons (Fsp3) is 0. The summed E-state index contributed by atoms with van der Waals surface area (Å²) in [6.45, 7) is 0. The zero-order valence-corrected chi connectivity index (χ0v) is 8.15. The van der Waals surface area contributed by atoms with Crippen molar-refractivity contribution in [3.8, 4) is 17.1 Å². The fourth-order valence-corrected chi connectivity index (χ4v) is 1.29. The van der Waals surface area contributed by atoms with Gasteiger partial charge in [-0.2, -0.15) is 0 Å². The van der Waals surface area contributed by atoms with E-state index in [1.54, 1.807) is 30.5 Å². The van der Waals surface area contributed by atoms with E-state index < -0.39 is 0 Å². The summed E-state index contributed by atoms with van der Waals surface area (Å²) < 4.78 is 5.23. The van der Waals surface area contributed by atoms with Crippen molar-refractivity contribution < 1.29 is 9.52 Å². The SMILES string of the molecule is Oc1ccc(-c2cnc(Br)o2)cc1. The third-order valence-corrected chi connectivity index (χ3v) is 2.00. The molecule has 0 atom stereocenters. The molecule has 1 aromatic carbocycles. The van der Waals surface area contributed by atoms with Crippen molar-refractivity contribution in [3.05, 3.63) is 35.3 Å². The number of halogens is 1. The second-order valence-corrected chi connectivity index (χ2v) is 3.20. The molecule has 0 fully saturated rings. The highest BCUT2D eigenvalue weighted by molar-refractivity contribution is 9.10. The normalized spacial score (nSPS) is 10.2. The van der Waals surface area contributed by atoms with Crippen LogP contribution in [0, 0.1) is 0 Å². The van der Waals surface area contributed by atoms with E-state index in [1.165, 1.54) is 0 Å². The number of hydrogen-bond acceptors (Lipinski definition) is 3. The van der Waals surface area contributed by atoms with Gasteiger partial charge in [0.15, 0.2) is 5.76 Å². The monoisotopic (exact) mass is 239 g/mol. The number of nitrogens with zero attached hydrogens (tertiary/aromatic N) is 1. The van der Waals surface area contributed by atoms with E-state index >= 15 is 0 Å². The molecule has 1 aromatic heterocycles. The van der Waals surface area contributed by atoms with E-state index in [4.69, 9.17) is 9.52 Å². The molecule has 0 aliphatic rings. The van der Waals surface area contributed by atoms with Crippen LogP contribution in [0.25, 0.3) is 11.3 Å². The lowest BCUT2D eigenvalue weighted by Crippen LogP contribution is -1.71. The molecule has 4 heteroatoms. The molecule has 0 bridgehead atoms. The smallest absolute Gasteiger partial charge is 0.264 e. The van der Waals surface area contributed by atoms with Crippen LogP contribution in [-0.4, -0.2) is 10.1 Å². The zero-order chi connectivity index (χ0) is 9.26. The maximum atomic E-state index is 9.05. The van der Waals surface area contributed by atoms with Crippen LogP contribution in [-0.2, 0) is 0 Å². The summed E-state index contributed by atoms with van der Waals surface area (Å²) in [6, 6.07) is 6.74. The summed E-state index contributed by atoms with van der Waals surface area (Å²) in [6.07, 6.45) is 1.62. The first-order valence-electron chi connectivity index (χ1n) is 3.66. The Morgan fingerprint density at radius 2 is 1.92 bits per heavy atom. The second-order valence-electron chi connectivity index (χ2n) is 2.52. The van der Waals surface area contributed by atoms with Crippen molar-refractivity contribution in [2.75, 3.05) is 0 Å². The molecule has 0 unspecified atom stereocenters. The molecule has 0 saturated carbocycles. The zero-order valence-electron chi connectivity index (χ0n) is 6.57. The molecule has 0 aliphatic carbocycles. The van der Waals surface area contributed by atoms with Crippen LogP contribution < -0.4 is 0 Å². The van der Waals surface area contributed by atoms with E-state index in [0.717, 1.165) is 5.56 Å². The Bertz CT molecular complexity index is 408. The van der Waals surface area contributed by atoms with Crippen molar-refractivity contribution in [2.24, 2.45) is 0 Å². The molecule has 0 amide bonds. The van der Waals surface area contributed by atoms with Gasteiger partial charge in [-0.15, -0.1) is 0 Å². The van der Waals surface area contributed by atoms with Gasteiger partial charge in [0.1, 0.15) is 5.75 Å². The minimum atomic E-state index is 0.238. The molecule has 3 nitrogen and oxygen atoms in total. The maximum Gasteiger partial charge on any atom is 0.264 e. The average Bonchev–Trinajstić information content (AvgIpc) is 2.53. The van der Waals surface area contributed by atoms with Gasteiger partial charge in [-0.3, -0.25) is 0 Å². The number of rotatable bonds is 1. The van der Waals surface area contributed by atoms with Gasteiger partial charge in [-0.1, -0.05) is 0 Å². The number of phenolic OH excluding ortho intramolecular Hbond substituents is 1. The number of hydrogen-bond donors (Lipinski definition) is 1. The molecule has 1 heterocycles. The highest BCUT2D eigenvalue weighted by atomic mass is 79.9. The standard InChI is InChI=1S/C9H6BrNO2/c10-9-11-5-8(13-9)6-1-3-7(12)4-2-6/h1-5,12H. The second kappa shape index (κ2) is 3.22. The van der Waals surface area contributed by atoms with E-state index in [9.17, 15) is 0 Å². The molecule has 0 radical (unpaired) electrons. The molecule has 0 spiro atoms. The molecule has 2 rings (SSSR count). The topological polar surface area (TPSA) is 46.3 Å². The Morgan fingerprint density at radius 1 is 1.23 bits per heavy atom. The Balaban J connectivity index is 2.41. The van der Waals surface area contributed by atoms with Gasteiger partial charge in [-0.05, 0) is 24.3 Å². The van der Waals surface area contributed by atoms with E-state index in [0.29, 0.717) is 10.6 Å². The average molecular weight is 240 g/mol. The number of oxazole rings is 1. The number of phenols is 1. The predicted octanol–water partition coefficient (Wildman–Crippen LogP) is 2.81. The summed E-state index contributed by atoms with van der Waals surface area (Å²) in [4.78, 5) is 4.36. The first-order valence-corrected chi connectivity index (χ1v) is 4.46. The number of aromatic nitrogens is 1. The minimum Gasteiger partial charge on any atom is -0.508 e. The van der Waals surface area contributed by atoms with Crippen LogP contribution in [0.15, 0.2) is 39.7 Å². The summed E-state index contributed by atoms with van der Waals surface area (Å²) in [7, 11) is 0. The quantitative estimate of drug-likeness (QED) is 0.833. The molecular formula is C9H6BrNO2. The third kappa shape index (κ3) is 1.72. The van der Waals surface area contributed by atoms with Crippen molar-refractivity contribution in [3.63, 3.8) is 0 Å². The van der Waals surface area contributed by atoms with Gasteiger partial charge in [0.25, 0.3) is 4.80 Å². The lowest BCUT2D eigenvalue weighted by molar-refractivity contribution is 0.475. The molecule has 1 N–H and O–H groups in total. The third-order valence-electron chi connectivity index (χ3n) is 1.63. The van der Waals surface area contributed by atoms with Crippen LogP contribution in [0.5, 0.6) is 5.75 Å². The Hall–Kier alpha value is -1.29. The van der Waals surface area contributed by atoms with Crippen molar-refractivity contribution >= 4 is 15.9 Å². The lowest BCUT2D eigenvalue weighted by Gasteiger charge is -1.94. The largest absolute Gasteiger partial charge is 0.508 e. The van der Waals surface area contributed by atoms with Gasteiger partial charge in [0.05, 0.1) is 6.20 Å². The molecule has 0 saturated heterocycles. The van der Waals surface area contributed by atoms with Gasteiger partial charge < -0.3 is 9.52 Å². The molecule has 0 aliphatic heterocycles. The Morgan fingerprint density at radius 3 is 2.46 bits per heavy atom. The van der Waals surface area contributed by atoms with Crippen molar-refractivity contribution in [1.29, 1.82) is 0 Å². The van der Waals surface area contributed by atoms with Crippen LogP contribution in [0.4, 0.5) is 0 Å². The summed E-state index contributed by atoms with van der Waals surface area (Å²) in [5.41, 5.74) is 0.885. The van der Waals surface area contributed by atoms with E-state index in [2.05, 4.69) is 20.9 Å². The lowest BCUT2D eigenvalue weighted by atomic mass is 10.2. The number of aromatic hydroxyl groups is 1. The van der Waals surface area contributed by atoms with Gasteiger partial charge >= 0.3 is 0 Å². The van der Waals surface area contributed by atoms with Crippen LogP contribution in [0.1, 0.15) is 0 Å². The maximum absolute atomic E-state index is 9.05. The molecule has 13 heavy (non-hydrogen) atoms. The van der Waals surface area contributed by atoms with Crippen LogP contribution in [0.2, 0.25) is 0 Å². The summed E-state index contributed by atoms with van der Waals surface area (Å²) >= 11 is 3.12. The highest BCUT2D eigenvalue weighted by Crippen LogP contribution is 2.24. The Kier molecular flexibility index (Phi) is 2.06. The van der Waals surface area contributed by atoms with E-state index in [-0.39, 0.29) is 5.75 Å². The van der Waals surface area contributed by atoms with Gasteiger partial charge in [0.2, 0.25) is 0 Å². The highest BCUT2D eigenvalue weighted by Gasteiger charge is 2.03. The van der Waals surface area contributed by atoms with Crippen molar-refractivity contribution in [1.82, 2.24) is 4.98 Å². The first kappa shape index (κ1) is 8.31.